The molecule has 2 N–H and O–H groups in total. The second-order valence-corrected chi connectivity index (χ2v) is 7.77. The first-order valence-corrected chi connectivity index (χ1v) is 8.04. The summed E-state index contributed by atoms with van der Waals surface area (Å²) in [5.41, 5.74) is -0.629. The van der Waals surface area contributed by atoms with Gasteiger partial charge in [0.15, 0.2) is 0 Å². The van der Waals surface area contributed by atoms with Crippen LogP contribution in [0.15, 0.2) is 16.2 Å². The van der Waals surface area contributed by atoms with Crippen LogP contribution in [-0.2, 0) is 16.0 Å². The Morgan fingerprint density at radius 3 is 2.61 bits per heavy atom. The predicted molar refractivity (Wildman–Crippen MR) is 67.9 cm³/mol. The third kappa shape index (κ3) is 5.56. The quantitative estimate of drug-likeness (QED) is 0.787. The van der Waals surface area contributed by atoms with Gasteiger partial charge < -0.3 is 0 Å². The topological polar surface area (TPSA) is 75.6 Å². The molecule has 1 aromatic rings. The van der Waals surface area contributed by atoms with Crippen LogP contribution >= 0.6 is 0 Å². The summed E-state index contributed by atoms with van der Waals surface area (Å²) >= 11 is -0.383. The van der Waals surface area contributed by atoms with Crippen molar-refractivity contribution in [1.82, 2.24) is 5.32 Å². The first-order valence-electron chi connectivity index (χ1n) is 5.52. The predicted octanol–water partition coefficient (Wildman–Crippen LogP) is 1.26. The number of nitrogens with one attached hydrogen (secondary N) is 1. The summed E-state index contributed by atoms with van der Waals surface area (Å²) in [4.78, 5) is 22.6. The summed E-state index contributed by atoms with van der Waals surface area (Å²) in [5.74, 6) is -1.04. The van der Waals surface area contributed by atoms with Gasteiger partial charge in [-0.05, 0) is 0 Å². The molecular formula is C12H17NO4Te. The molecule has 0 aliphatic rings. The van der Waals surface area contributed by atoms with E-state index in [2.05, 4.69) is 9.40 Å². The average molecular weight is 367 g/mol. The van der Waals surface area contributed by atoms with Crippen LogP contribution in [0.2, 0.25) is 0 Å². The number of hydrogen-bond donors (Lipinski definition) is 2. The van der Waals surface area contributed by atoms with Gasteiger partial charge in [-0.15, -0.1) is 0 Å². The Hall–Kier alpha value is -0.990. The van der Waals surface area contributed by atoms with Crippen molar-refractivity contribution in [3.8, 4) is 0 Å². The van der Waals surface area contributed by atoms with Gasteiger partial charge in [0, 0.05) is 0 Å². The van der Waals surface area contributed by atoms with Crippen molar-refractivity contribution >= 4 is 32.5 Å². The maximum atomic E-state index is 11.5. The van der Waals surface area contributed by atoms with Crippen molar-refractivity contribution < 1.29 is 19.4 Å². The van der Waals surface area contributed by atoms with Crippen LogP contribution in [-0.4, -0.2) is 49.2 Å². The molecule has 18 heavy (non-hydrogen) atoms. The molecule has 1 amide bonds. The molecule has 6 heteroatoms. The summed E-state index contributed by atoms with van der Waals surface area (Å²) in [5, 5.41) is 11.5. The number of amides is 1. The van der Waals surface area contributed by atoms with Crippen molar-refractivity contribution in [3.05, 3.63) is 19.8 Å². The molecule has 5 nitrogen and oxygen atoms in total. The van der Waals surface area contributed by atoms with Gasteiger partial charge in [0.2, 0.25) is 0 Å². The molecule has 0 spiro atoms. The van der Waals surface area contributed by atoms with Gasteiger partial charge in [0.25, 0.3) is 0 Å². The zero-order chi connectivity index (χ0) is 13.8. The van der Waals surface area contributed by atoms with Crippen LogP contribution in [0, 0.1) is 0 Å². The molecule has 0 aliphatic heterocycles. The molecule has 1 aromatic heterocycles. The second-order valence-electron chi connectivity index (χ2n) is 4.82. The van der Waals surface area contributed by atoms with E-state index in [4.69, 9.17) is 9.84 Å². The number of rotatable bonds is 4. The van der Waals surface area contributed by atoms with Crippen LogP contribution in [0.3, 0.4) is 0 Å². The Morgan fingerprint density at radius 1 is 1.50 bits per heavy atom. The van der Waals surface area contributed by atoms with Gasteiger partial charge in [-0.3, -0.25) is 0 Å². The monoisotopic (exact) mass is 369 g/mol. The third-order valence-electron chi connectivity index (χ3n) is 1.97. The molecule has 1 rings (SSSR count). The van der Waals surface area contributed by atoms with E-state index in [0.717, 1.165) is 3.58 Å². The zero-order valence-electron chi connectivity index (χ0n) is 10.6. The molecule has 100 valence electrons. The van der Waals surface area contributed by atoms with Crippen LogP contribution in [0.5, 0.6) is 0 Å². The SMILES string of the molecule is CC(C)(C)OC(=O)N[C@@H](Cc1ccc[te]1)C(=O)O. The third-order valence-corrected chi connectivity index (χ3v) is 4.54. The molecule has 0 radical (unpaired) electrons. The van der Waals surface area contributed by atoms with Crippen molar-refractivity contribution in [2.45, 2.75) is 38.8 Å². The van der Waals surface area contributed by atoms with Crippen LogP contribution in [0.1, 0.15) is 24.4 Å². The molecule has 0 unspecified atom stereocenters. The van der Waals surface area contributed by atoms with Crippen molar-refractivity contribution in [2.24, 2.45) is 0 Å². The Labute approximate surface area is 116 Å². The molecule has 1 atom stereocenters. The van der Waals surface area contributed by atoms with E-state index in [1.54, 1.807) is 20.8 Å². The fraction of sp³-hybridized carbons (Fsp3) is 0.500. The summed E-state index contributed by atoms with van der Waals surface area (Å²) in [7, 11) is 0. The average Bonchev–Trinajstić information content (AvgIpc) is 2.66. The standard InChI is InChI=1S/C12H17NO4Te/c1-12(2,3)17-11(16)13-9(10(14)15)7-8-5-4-6-18-8/h4-6,9H,7H2,1-3H3,(H,13,16)(H,14,15)/t9-/m0/s1. The number of carbonyl (C=O) groups is 2. The molecule has 0 aliphatic carbocycles. The second kappa shape index (κ2) is 6.26. The van der Waals surface area contributed by atoms with Crippen molar-refractivity contribution in [2.75, 3.05) is 0 Å². The fourth-order valence-electron chi connectivity index (χ4n) is 1.28. The first kappa shape index (κ1) is 15.1. The van der Waals surface area contributed by atoms with Gasteiger partial charge >= 0.3 is 116 Å². The van der Waals surface area contributed by atoms with Crippen molar-refractivity contribution in [1.29, 1.82) is 0 Å². The van der Waals surface area contributed by atoms with Crippen molar-refractivity contribution in [3.63, 3.8) is 0 Å². The van der Waals surface area contributed by atoms with E-state index >= 15 is 0 Å². The molecule has 0 aromatic carbocycles. The molecular weight excluding hydrogens is 350 g/mol. The summed E-state index contributed by atoms with van der Waals surface area (Å²) in [6.45, 7) is 5.20. The van der Waals surface area contributed by atoms with Gasteiger partial charge in [-0.25, -0.2) is 0 Å². The van der Waals surface area contributed by atoms with E-state index in [9.17, 15) is 9.59 Å². The number of ether oxygens (including phenoxy) is 1. The molecule has 0 saturated heterocycles. The Kier molecular flexibility index (Phi) is 5.24. The van der Waals surface area contributed by atoms with E-state index in [1.165, 1.54) is 0 Å². The Balaban J connectivity index is 2.58. The van der Waals surface area contributed by atoms with Crippen LogP contribution < -0.4 is 5.32 Å². The van der Waals surface area contributed by atoms with Crippen LogP contribution in [0.4, 0.5) is 4.79 Å². The van der Waals surface area contributed by atoms with Crippen LogP contribution in [0.25, 0.3) is 0 Å². The molecule has 1 heterocycles. The zero-order valence-corrected chi connectivity index (χ0v) is 12.9. The number of carboxylic acids is 1. The first-order chi connectivity index (χ1) is 8.28. The number of carboxylic acid groups (broad SMARTS) is 1. The number of carbonyl (C=O) groups excluding carboxylic acids is 1. The number of hydrogen-bond acceptors (Lipinski definition) is 3. The van der Waals surface area contributed by atoms with E-state index in [-0.39, 0.29) is 20.4 Å². The van der Waals surface area contributed by atoms with Gasteiger partial charge in [-0.1, -0.05) is 0 Å². The Morgan fingerprint density at radius 2 is 2.17 bits per heavy atom. The van der Waals surface area contributed by atoms with E-state index in [1.807, 2.05) is 12.1 Å². The van der Waals surface area contributed by atoms with E-state index < -0.39 is 23.7 Å². The summed E-state index contributed by atoms with van der Waals surface area (Å²) in [6, 6.07) is 2.94. The van der Waals surface area contributed by atoms with Gasteiger partial charge in [0.1, 0.15) is 0 Å². The number of alkyl carbamates (subject to hydrolysis) is 1. The summed E-state index contributed by atoms with van der Waals surface area (Å²) < 4.78 is 8.24. The summed E-state index contributed by atoms with van der Waals surface area (Å²) in [6.07, 6.45) is -0.342. The molecule has 0 bridgehead atoms. The number of aliphatic carboxylic acids is 1. The maximum absolute atomic E-state index is 11.5. The van der Waals surface area contributed by atoms with Gasteiger partial charge in [-0.2, -0.15) is 0 Å². The Bertz CT molecular complexity index is 408. The fourth-order valence-corrected chi connectivity index (χ4v) is 3.43. The molecule has 0 saturated carbocycles. The molecule has 0 fully saturated rings. The minimum absolute atomic E-state index is 0.351. The minimum atomic E-state index is -1.04. The van der Waals surface area contributed by atoms with Gasteiger partial charge in [0.05, 0.1) is 0 Å². The van der Waals surface area contributed by atoms with E-state index in [0.29, 0.717) is 6.42 Å². The normalized spacial score (nSPS) is 12.8.